The molecule has 0 amide bonds. The maximum absolute atomic E-state index is 4.28. The fourth-order valence-corrected chi connectivity index (χ4v) is 2.10. The van der Waals surface area contributed by atoms with E-state index in [4.69, 9.17) is 0 Å². The molecular formula is C10H8N4S. The second kappa shape index (κ2) is 3.51. The number of benzene rings is 1. The van der Waals surface area contributed by atoms with E-state index < -0.39 is 0 Å². The Morgan fingerprint density at radius 2 is 2.00 bits per heavy atom. The average molecular weight is 216 g/mol. The van der Waals surface area contributed by atoms with Crippen LogP contribution in [0.5, 0.6) is 0 Å². The van der Waals surface area contributed by atoms with Gasteiger partial charge in [-0.15, -0.1) is 10.2 Å². The predicted octanol–water partition coefficient (Wildman–Crippen LogP) is 1.88. The first-order valence-corrected chi connectivity index (χ1v) is 5.60. The number of hydrogen-bond donors (Lipinski definition) is 0. The summed E-state index contributed by atoms with van der Waals surface area (Å²) in [4.78, 5) is 0. The average Bonchev–Trinajstić information content (AvgIpc) is 2.74. The van der Waals surface area contributed by atoms with E-state index in [0.29, 0.717) is 0 Å². The number of aromatic nitrogens is 3. The topological polar surface area (TPSA) is 43.1 Å². The van der Waals surface area contributed by atoms with E-state index in [0.717, 1.165) is 22.3 Å². The van der Waals surface area contributed by atoms with Gasteiger partial charge in [-0.1, -0.05) is 42.1 Å². The molecule has 15 heavy (non-hydrogen) atoms. The molecule has 4 nitrogen and oxygen atoms in total. The van der Waals surface area contributed by atoms with Gasteiger partial charge in [0.25, 0.3) is 0 Å². The van der Waals surface area contributed by atoms with E-state index in [1.807, 2.05) is 36.5 Å². The maximum atomic E-state index is 4.28. The van der Waals surface area contributed by atoms with Crippen LogP contribution in [-0.4, -0.2) is 26.8 Å². The SMILES string of the molecule is C1=Nn2c(nnc2-c2ccccc2)SC1. The van der Waals surface area contributed by atoms with Crippen LogP contribution < -0.4 is 0 Å². The second-order valence-corrected chi connectivity index (χ2v) is 4.08. The molecule has 0 unspecified atom stereocenters. The van der Waals surface area contributed by atoms with Gasteiger partial charge in [0.1, 0.15) is 0 Å². The van der Waals surface area contributed by atoms with Crippen LogP contribution in [0.3, 0.4) is 0 Å². The summed E-state index contributed by atoms with van der Waals surface area (Å²) in [6.45, 7) is 0. The van der Waals surface area contributed by atoms with Gasteiger partial charge in [-0.25, -0.2) is 0 Å². The second-order valence-electron chi connectivity index (χ2n) is 3.09. The van der Waals surface area contributed by atoms with Crippen LogP contribution in [0.2, 0.25) is 0 Å². The molecule has 2 heterocycles. The Balaban J connectivity index is 2.15. The number of rotatable bonds is 1. The maximum Gasteiger partial charge on any atom is 0.212 e. The van der Waals surface area contributed by atoms with Crippen molar-refractivity contribution in [3.63, 3.8) is 0 Å². The molecule has 2 aromatic rings. The Kier molecular flexibility index (Phi) is 2.03. The van der Waals surface area contributed by atoms with Gasteiger partial charge >= 0.3 is 0 Å². The molecule has 0 fully saturated rings. The summed E-state index contributed by atoms with van der Waals surface area (Å²) in [5, 5.41) is 13.4. The van der Waals surface area contributed by atoms with E-state index >= 15 is 0 Å². The summed E-state index contributed by atoms with van der Waals surface area (Å²) in [6.07, 6.45) is 1.87. The highest BCUT2D eigenvalue weighted by molar-refractivity contribution is 7.99. The molecule has 0 radical (unpaired) electrons. The lowest BCUT2D eigenvalue weighted by molar-refractivity contribution is 0.767. The van der Waals surface area contributed by atoms with Crippen molar-refractivity contribution in [3.8, 4) is 11.4 Å². The van der Waals surface area contributed by atoms with E-state index in [-0.39, 0.29) is 0 Å². The summed E-state index contributed by atoms with van der Waals surface area (Å²) < 4.78 is 1.78. The fraction of sp³-hybridized carbons (Fsp3) is 0.100. The molecular weight excluding hydrogens is 208 g/mol. The van der Waals surface area contributed by atoms with Crippen LogP contribution in [0, 0.1) is 0 Å². The van der Waals surface area contributed by atoms with Crippen LogP contribution in [0.1, 0.15) is 0 Å². The van der Waals surface area contributed by atoms with Crippen LogP contribution >= 0.6 is 11.8 Å². The molecule has 74 valence electrons. The van der Waals surface area contributed by atoms with Crippen molar-refractivity contribution >= 4 is 18.0 Å². The molecule has 5 heteroatoms. The first-order valence-electron chi connectivity index (χ1n) is 4.61. The standard InChI is InChI=1S/C10H8N4S/c1-2-4-8(5-3-1)9-12-13-10-14(9)11-6-7-15-10/h1-6H,7H2. The minimum absolute atomic E-state index is 0.800. The quantitative estimate of drug-likeness (QED) is 0.731. The van der Waals surface area contributed by atoms with Crippen molar-refractivity contribution in [2.75, 3.05) is 5.75 Å². The van der Waals surface area contributed by atoms with Crippen LogP contribution in [-0.2, 0) is 0 Å². The molecule has 0 N–H and O–H groups in total. The van der Waals surface area contributed by atoms with Crippen molar-refractivity contribution in [3.05, 3.63) is 30.3 Å². The van der Waals surface area contributed by atoms with Gasteiger partial charge in [0, 0.05) is 17.5 Å². The first kappa shape index (κ1) is 8.67. The Morgan fingerprint density at radius 1 is 1.13 bits per heavy atom. The van der Waals surface area contributed by atoms with Gasteiger partial charge in [0.15, 0.2) is 5.82 Å². The molecule has 0 saturated heterocycles. The molecule has 0 aliphatic carbocycles. The van der Waals surface area contributed by atoms with E-state index in [9.17, 15) is 0 Å². The molecule has 1 aliphatic heterocycles. The van der Waals surface area contributed by atoms with E-state index in [2.05, 4.69) is 15.3 Å². The van der Waals surface area contributed by atoms with Crippen LogP contribution in [0.15, 0.2) is 40.6 Å². The fourth-order valence-electron chi connectivity index (χ4n) is 1.45. The van der Waals surface area contributed by atoms with Gasteiger partial charge in [-0.3, -0.25) is 0 Å². The third-order valence-electron chi connectivity index (χ3n) is 2.13. The lowest BCUT2D eigenvalue weighted by Gasteiger charge is -2.06. The molecule has 0 atom stereocenters. The molecule has 0 bridgehead atoms. The number of nitrogens with zero attached hydrogens (tertiary/aromatic N) is 4. The van der Waals surface area contributed by atoms with Crippen LogP contribution in [0.4, 0.5) is 0 Å². The summed E-state index contributed by atoms with van der Waals surface area (Å²) >= 11 is 1.64. The highest BCUT2D eigenvalue weighted by Crippen LogP contribution is 2.24. The van der Waals surface area contributed by atoms with Crippen LogP contribution in [0.25, 0.3) is 11.4 Å². The Morgan fingerprint density at radius 3 is 2.87 bits per heavy atom. The molecule has 1 aromatic carbocycles. The van der Waals surface area contributed by atoms with Crippen molar-refractivity contribution in [1.29, 1.82) is 0 Å². The van der Waals surface area contributed by atoms with Gasteiger partial charge in [0.2, 0.25) is 5.16 Å². The molecule has 1 aromatic heterocycles. The summed E-state index contributed by atoms with van der Waals surface area (Å²) in [5.74, 6) is 1.67. The van der Waals surface area contributed by atoms with Crippen molar-refractivity contribution in [2.24, 2.45) is 5.10 Å². The predicted molar refractivity (Wildman–Crippen MR) is 60.1 cm³/mol. The van der Waals surface area contributed by atoms with Gasteiger partial charge in [0.05, 0.1) is 0 Å². The number of hydrogen-bond acceptors (Lipinski definition) is 4. The molecule has 0 spiro atoms. The smallest absolute Gasteiger partial charge is 0.187 e. The van der Waals surface area contributed by atoms with E-state index in [1.165, 1.54) is 0 Å². The normalized spacial score (nSPS) is 13.9. The first-order chi connectivity index (χ1) is 7.45. The van der Waals surface area contributed by atoms with Crippen molar-refractivity contribution in [1.82, 2.24) is 14.9 Å². The van der Waals surface area contributed by atoms with Crippen molar-refractivity contribution < 1.29 is 0 Å². The Hall–Kier alpha value is -1.62. The van der Waals surface area contributed by atoms with Gasteiger partial charge in [-0.2, -0.15) is 9.78 Å². The highest BCUT2D eigenvalue weighted by atomic mass is 32.2. The number of fused-ring (bicyclic) bond motifs is 1. The summed E-state index contributed by atoms with van der Waals surface area (Å²) in [5.41, 5.74) is 1.04. The lowest BCUT2D eigenvalue weighted by Crippen LogP contribution is -2.01. The summed E-state index contributed by atoms with van der Waals surface area (Å²) in [6, 6.07) is 9.96. The van der Waals surface area contributed by atoms with Gasteiger partial charge < -0.3 is 0 Å². The zero-order valence-corrected chi connectivity index (χ0v) is 8.68. The molecule has 1 aliphatic rings. The third-order valence-corrected chi connectivity index (χ3v) is 2.96. The lowest BCUT2D eigenvalue weighted by atomic mass is 10.2. The monoisotopic (exact) mass is 216 g/mol. The van der Waals surface area contributed by atoms with Crippen molar-refractivity contribution in [2.45, 2.75) is 5.16 Å². The Bertz CT molecular complexity index is 503. The molecule has 3 rings (SSSR count). The number of thioether (sulfide) groups is 1. The summed E-state index contributed by atoms with van der Waals surface area (Å²) in [7, 11) is 0. The zero-order chi connectivity index (χ0) is 10.1. The third kappa shape index (κ3) is 1.45. The minimum atomic E-state index is 0.800. The van der Waals surface area contributed by atoms with E-state index in [1.54, 1.807) is 16.4 Å². The largest absolute Gasteiger partial charge is 0.212 e. The molecule has 0 saturated carbocycles. The minimum Gasteiger partial charge on any atom is -0.187 e. The zero-order valence-electron chi connectivity index (χ0n) is 7.87. The Labute approximate surface area is 91.0 Å². The highest BCUT2D eigenvalue weighted by Gasteiger charge is 2.15. The van der Waals surface area contributed by atoms with Gasteiger partial charge in [-0.05, 0) is 0 Å².